The number of hydrogen-bond donors (Lipinski definition) is 0. The highest BCUT2D eigenvalue weighted by molar-refractivity contribution is 6.18. The van der Waals surface area contributed by atoms with Gasteiger partial charge in [-0.3, -0.25) is 0 Å². The van der Waals surface area contributed by atoms with E-state index in [0.29, 0.717) is 37.9 Å². The monoisotopic (exact) mass is 196 g/mol. The number of nitrogens with zero attached hydrogens (tertiary/aromatic N) is 4. The average Bonchev–Trinajstić information content (AvgIpc) is 2.56. The van der Waals surface area contributed by atoms with Crippen LogP contribution in [-0.2, 0) is 4.74 Å². The smallest absolute Gasteiger partial charge is 0.317 e. The summed E-state index contributed by atoms with van der Waals surface area (Å²) in [5.41, 5.74) is 0.437. The van der Waals surface area contributed by atoms with Gasteiger partial charge in [0.25, 0.3) is 0 Å². The molecule has 7 heteroatoms. The molecule has 14 heavy (non-hydrogen) atoms. The van der Waals surface area contributed by atoms with E-state index in [1.54, 1.807) is 0 Å². The minimum Gasteiger partial charge on any atom is -0.578 e. The van der Waals surface area contributed by atoms with Gasteiger partial charge in [0.1, 0.15) is 5.88 Å². The molecule has 0 bridgehead atoms. The molecule has 1 aromatic heterocycles. The summed E-state index contributed by atoms with van der Waals surface area (Å²) >= 11 is 0. The van der Waals surface area contributed by atoms with Crippen LogP contribution >= 0.6 is 0 Å². The topological polar surface area (TPSA) is 73.6 Å². The number of morpholine rings is 1. The van der Waals surface area contributed by atoms with Crippen LogP contribution in [0.25, 0.3) is 5.32 Å². The molecule has 74 valence electrons. The Morgan fingerprint density at radius 2 is 2.21 bits per heavy atom. The van der Waals surface area contributed by atoms with E-state index in [1.165, 1.54) is 4.79 Å². The van der Waals surface area contributed by atoms with Crippen molar-refractivity contribution in [3.63, 3.8) is 0 Å². The van der Waals surface area contributed by atoms with E-state index >= 15 is 0 Å². The van der Waals surface area contributed by atoms with Crippen molar-refractivity contribution in [1.82, 2.24) is 5.27 Å². The molecule has 1 amide bonds. The molecule has 0 saturated carbocycles. The summed E-state index contributed by atoms with van der Waals surface area (Å²) < 4.78 is 10.0. The standard InChI is InChI=1S/C7H8N4O3/c12-6-5-7(8-6)14-9-11(5)10-1-3-13-4-2-10/h1-4H2. The number of fused-ring (bicyclic) bond motifs is 1. The Morgan fingerprint density at radius 3 is 2.93 bits per heavy atom. The van der Waals surface area contributed by atoms with Crippen LogP contribution in [0.1, 0.15) is 10.5 Å². The number of ether oxygens (including phenoxy) is 1. The van der Waals surface area contributed by atoms with Crippen LogP contribution in [-0.4, -0.2) is 37.5 Å². The fraction of sp³-hybridized carbons (Fsp3) is 0.571. The molecule has 0 spiro atoms. The molecule has 0 atom stereocenters. The Balaban J connectivity index is 1.92. The van der Waals surface area contributed by atoms with Gasteiger partial charge in [-0.25, -0.2) is 0 Å². The third-order valence-electron chi connectivity index (χ3n) is 2.27. The molecule has 2 aliphatic heterocycles. The Kier molecular flexibility index (Phi) is 1.48. The molecule has 0 unspecified atom stereocenters. The van der Waals surface area contributed by atoms with Crippen molar-refractivity contribution in [3.05, 3.63) is 11.0 Å². The van der Waals surface area contributed by atoms with Gasteiger partial charge in [-0.15, -0.1) is 5.01 Å². The van der Waals surface area contributed by atoms with E-state index in [9.17, 15) is 4.79 Å². The maximum absolute atomic E-state index is 11.1. The number of carbonyl (C=O) groups excluding carboxylic acids is 1. The zero-order valence-electron chi connectivity index (χ0n) is 7.34. The van der Waals surface area contributed by atoms with Crippen molar-refractivity contribution >= 4 is 11.8 Å². The highest BCUT2D eigenvalue weighted by Gasteiger charge is 2.35. The summed E-state index contributed by atoms with van der Waals surface area (Å²) in [4.78, 5) is 12.6. The van der Waals surface area contributed by atoms with Gasteiger partial charge in [0.05, 0.1) is 31.1 Å². The first kappa shape index (κ1) is 7.74. The van der Waals surface area contributed by atoms with Gasteiger partial charge in [-0.2, -0.15) is 0 Å². The number of hydrogen-bond acceptors (Lipinski definition) is 5. The van der Waals surface area contributed by atoms with Crippen molar-refractivity contribution in [2.75, 3.05) is 31.3 Å². The first-order chi connectivity index (χ1) is 6.86. The second-order valence-electron chi connectivity index (χ2n) is 3.10. The minimum atomic E-state index is -0.271. The maximum atomic E-state index is 11.1. The first-order valence-electron chi connectivity index (χ1n) is 4.37. The summed E-state index contributed by atoms with van der Waals surface area (Å²) in [7, 11) is 0. The van der Waals surface area contributed by atoms with Crippen molar-refractivity contribution in [3.8, 4) is 0 Å². The van der Waals surface area contributed by atoms with Gasteiger partial charge in [0, 0.05) is 0 Å². The molecule has 0 radical (unpaired) electrons. The highest BCUT2D eigenvalue weighted by Crippen LogP contribution is 2.33. The molecule has 1 aromatic rings. The quantitative estimate of drug-likeness (QED) is 0.543. The number of amides is 1. The molecular formula is C7H8N4O3. The predicted molar refractivity (Wildman–Crippen MR) is 42.8 cm³/mol. The van der Waals surface area contributed by atoms with E-state index in [4.69, 9.17) is 9.26 Å². The van der Waals surface area contributed by atoms with Crippen molar-refractivity contribution in [2.45, 2.75) is 0 Å². The molecule has 3 rings (SSSR count). The van der Waals surface area contributed by atoms with Gasteiger partial charge >= 0.3 is 5.69 Å². The lowest BCUT2D eigenvalue weighted by Crippen LogP contribution is -2.65. The molecule has 1 fully saturated rings. The highest BCUT2D eigenvalue weighted by atomic mass is 16.5. The van der Waals surface area contributed by atoms with Crippen LogP contribution in [0.2, 0.25) is 0 Å². The molecule has 0 aromatic carbocycles. The molecule has 7 nitrogen and oxygen atoms in total. The second kappa shape index (κ2) is 2.68. The number of carbonyl (C=O) groups is 1. The van der Waals surface area contributed by atoms with Gasteiger partial charge in [0.15, 0.2) is 5.91 Å². The first-order valence-corrected chi connectivity index (χ1v) is 4.37. The Morgan fingerprint density at radius 1 is 1.43 bits per heavy atom. The molecular weight excluding hydrogens is 188 g/mol. The lowest BCUT2D eigenvalue weighted by Gasteiger charge is -2.24. The van der Waals surface area contributed by atoms with Gasteiger partial charge in [0.2, 0.25) is 5.27 Å². The Hall–Kier alpha value is -1.63. The Bertz CT molecular complexity index is 382. The largest absolute Gasteiger partial charge is 0.578 e. The molecule has 3 heterocycles. The minimum absolute atomic E-state index is 0.271. The average molecular weight is 196 g/mol. The van der Waals surface area contributed by atoms with Crippen LogP contribution in [0.3, 0.4) is 0 Å². The predicted octanol–water partition coefficient (Wildman–Crippen LogP) is -0.911. The molecule has 2 aliphatic rings. The summed E-state index contributed by atoms with van der Waals surface area (Å²) in [5.74, 6) is 0.0502. The van der Waals surface area contributed by atoms with Crippen LogP contribution < -0.4 is 9.80 Å². The second-order valence-corrected chi connectivity index (χ2v) is 3.10. The van der Waals surface area contributed by atoms with E-state index in [-0.39, 0.29) is 5.91 Å². The van der Waals surface area contributed by atoms with Crippen molar-refractivity contribution < 1.29 is 18.8 Å². The summed E-state index contributed by atoms with van der Waals surface area (Å²) in [6.07, 6.45) is 0. The van der Waals surface area contributed by atoms with E-state index in [2.05, 4.69) is 10.6 Å². The van der Waals surface area contributed by atoms with Crippen LogP contribution in [0, 0.1) is 0 Å². The van der Waals surface area contributed by atoms with Crippen molar-refractivity contribution in [2.24, 2.45) is 0 Å². The van der Waals surface area contributed by atoms with Gasteiger partial charge in [-0.05, 0) is 0 Å². The Labute approximate surface area is 79.2 Å². The lowest BCUT2D eigenvalue weighted by atomic mass is 10.3. The summed E-state index contributed by atoms with van der Waals surface area (Å²) in [5, 5.41) is 9.20. The van der Waals surface area contributed by atoms with Crippen molar-refractivity contribution in [1.29, 1.82) is 0 Å². The van der Waals surface area contributed by atoms with Crippen LogP contribution in [0.4, 0.5) is 5.88 Å². The fourth-order valence-corrected chi connectivity index (χ4v) is 1.53. The summed E-state index contributed by atoms with van der Waals surface area (Å²) in [6, 6.07) is 0. The van der Waals surface area contributed by atoms with Gasteiger partial charge < -0.3 is 19.4 Å². The SMILES string of the molecule is O=C1[N-]c2on[n+](N3CCOCC3)c21. The maximum Gasteiger partial charge on any atom is 0.317 e. The summed E-state index contributed by atoms with van der Waals surface area (Å²) in [6.45, 7) is 2.69. The van der Waals surface area contributed by atoms with E-state index in [0.717, 1.165) is 0 Å². The lowest BCUT2D eigenvalue weighted by molar-refractivity contribution is -0.761. The van der Waals surface area contributed by atoms with E-state index < -0.39 is 0 Å². The van der Waals surface area contributed by atoms with Crippen LogP contribution in [0.5, 0.6) is 0 Å². The van der Waals surface area contributed by atoms with Gasteiger partial charge in [-0.1, -0.05) is 0 Å². The van der Waals surface area contributed by atoms with E-state index in [1.807, 2.05) is 5.01 Å². The third-order valence-corrected chi connectivity index (χ3v) is 2.27. The van der Waals surface area contributed by atoms with Crippen LogP contribution in [0.15, 0.2) is 4.52 Å². The fourth-order valence-electron chi connectivity index (χ4n) is 1.53. The third kappa shape index (κ3) is 0.925. The molecule has 0 N–H and O–H groups in total. The number of rotatable bonds is 1. The number of aromatic nitrogens is 2. The molecule has 0 aliphatic carbocycles. The normalized spacial score (nSPS) is 20.0. The zero-order valence-corrected chi connectivity index (χ0v) is 7.34. The molecule has 1 saturated heterocycles. The zero-order chi connectivity index (χ0) is 9.54.